The Morgan fingerprint density at radius 2 is 1.80 bits per heavy atom. The Kier molecular flexibility index (Phi) is 6.77. The van der Waals surface area contributed by atoms with Crippen LogP contribution in [0.25, 0.3) is 6.08 Å². The number of anilines is 1. The lowest BCUT2D eigenvalue weighted by Gasteiger charge is -2.08. The van der Waals surface area contributed by atoms with Gasteiger partial charge >= 0.3 is 0 Å². The average molecular weight is 338 g/mol. The molecule has 130 valence electrons. The van der Waals surface area contributed by atoms with Gasteiger partial charge in [0.1, 0.15) is 12.4 Å². The standard InChI is InChI=1S/C20H22N2O3/c1-15-5-3-4-6-19(15)25-14-13-21-20(24)12-9-17-7-10-18(11-8-17)22-16(2)23/h3-12H,13-14H2,1-2H3,(H,21,24)(H,22,23)/b12-9+. The van der Waals surface area contributed by atoms with Crippen LogP contribution in [0.5, 0.6) is 5.75 Å². The SMILES string of the molecule is CC(=O)Nc1ccc(/C=C/C(=O)NCCOc2ccccc2C)cc1. The molecule has 0 saturated heterocycles. The first-order chi connectivity index (χ1) is 12.0. The van der Waals surface area contributed by atoms with Crippen molar-refractivity contribution in [2.75, 3.05) is 18.5 Å². The van der Waals surface area contributed by atoms with Crippen LogP contribution in [-0.2, 0) is 9.59 Å². The number of para-hydroxylation sites is 1. The van der Waals surface area contributed by atoms with Crippen molar-refractivity contribution in [3.05, 3.63) is 65.7 Å². The number of amides is 2. The van der Waals surface area contributed by atoms with E-state index >= 15 is 0 Å². The molecule has 5 heteroatoms. The van der Waals surface area contributed by atoms with Crippen LogP contribution in [0.15, 0.2) is 54.6 Å². The summed E-state index contributed by atoms with van der Waals surface area (Å²) in [6.07, 6.45) is 3.19. The topological polar surface area (TPSA) is 67.4 Å². The van der Waals surface area contributed by atoms with Crippen molar-refractivity contribution in [1.29, 1.82) is 0 Å². The Hall–Kier alpha value is -3.08. The highest BCUT2D eigenvalue weighted by Gasteiger charge is 1.99. The van der Waals surface area contributed by atoms with Crippen molar-refractivity contribution in [3.63, 3.8) is 0 Å². The number of nitrogens with one attached hydrogen (secondary N) is 2. The van der Waals surface area contributed by atoms with Crippen molar-refractivity contribution in [2.24, 2.45) is 0 Å². The molecule has 2 aromatic carbocycles. The molecule has 0 unspecified atom stereocenters. The second-order valence-corrected chi connectivity index (χ2v) is 5.54. The Morgan fingerprint density at radius 3 is 2.48 bits per heavy atom. The molecule has 0 spiro atoms. The van der Waals surface area contributed by atoms with Gasteiger partial charge in [-0.2, -0.15) is 0 Å². The van der Waals surface area contributed by atoms with E-state index in [1.54, 1.807) is 18.2 Å². The van der Waals surface area contributed by atoms with E-state index in [-0.39, 0.29) is 11.8 Å². The van der Waals surface area contributed by atoms with Crippen LogP contribution >= 0.6 is 0 Å². The van der Waals surface area contributed by atoms with E-state index in [2.05, 4.69) is 10.6 Å². The summed E-state index contributed by atoms with van der Waals surface area (Å²) in [6.45, 7) is 4.28. The number of rotatable bonds is 7. The molecule has 0 saturated carbocycles. The van der Waals surface area contributed by atoms with E-state index < -0.39 is 0 Å². The summed E-state index contributed by atoms with van der Waals surface area (Å²) in [7, 11) is 0. The molecule has 0 fully saturated rings. The molecule has 2 N–H and O–H groups in total. The molecular formula is C20H22N2O3. The summed E-state index contributed by atoms with van der Waals surface area (Å²) in [4.78, 5) is 22.8. The maximum absolute atomic E-state index is 11.8. The van der Waals surface area contributed by atoms with Crippen molar-refractivity contribution < 1.29 is 14.3 Å². The first-order valence-electron chi connectivity index (χ1n) is 8.06. The van der Waals surface area contributed by atoms with Gasteiger partial charge in [-0.05, 0) is 42.3 Å². The van der Waals surface area contributed by atoms with Crippen molar-refractivity contribution >= 4 is 23.6 Å². The van der Waals surface area contributed by atoms with Crippen LogP contribution < -0.4 is 15.4 Å². The van der Waals surface area contributed by atoms with Crippen LogP contribution in [0, 0.1) is 6.92 Å². The Bertz CT molecular complexity index is 752. The van der Waals surface area contributed by atoms with Gasteiger partial charge < -0.3 is 15.4 Å². The fourth-order valence-electron chi connectivity index (χ4n) is 2.17. The summed E-state index contributed by atoms with van der Waals surface area (Å²) >= 11 is 0. The lowest BCUT2D eigenvalue weighted by molar-refractivity contribution is -0.116. The normalized spacial score (nSPS) is 10.5. The van der Waals surface area contributed by atoms with E-state index in [9.17, 15) is 9.59 Å². The number of ether oxygens (including phenoxy) is 1. The van der Waals surface area contributed by atoms with E-state index in [0.717, 1.165) is 22.6 Å². The van der Waals surface area contributed by atoms with Crippen LogP contribution in [-0.4, -0.2) is 25.0 Å². The second kappa shape index (κ2) is 9.27. The molecule has 5 nitrogen and oxygen atoms in total. The molecule has 0 aliphatic heterocycles. The first kappa shape index (κ1) is 18.3. The predicted molar refractivity (Wildman–Crippen MR) is 99.5 cm³/mol. The van der Waals surface area contributed by atoms with E-state index in [1.165, 1.54) is 13.0 Å². The van der Waals surface area contributed by atoms with E-state index in [0.29, 0.717) is 13.2 Å². The summed E-state index contributed by atoms with van der Waals surface area (Å²) in [6, 6.07) is 15.0. The molecule has 25 heavy (non-hydrogen) atoms. The van der Waals surface area contributed by atoms with Gasteiger partial charge in [0, 0.05) is 18.7 Å². The lowest BCUT2D eigenvalue weighted by Crippen LogP contribution is -2.26. The summed E-state index contributed by atoms with van der Waals surface area (Å²) in [5.41, 5.74) is 2.67. The van der Waals surface area contributed by atoms with Crippen LogP contribution in [0.2, 0.25) is 0 Å². The highest BCUT2D eigenvalue weighted by molar-refractivity contribution is 5.92. The molecule has 0 bridgehead atoms. The minimum atomic E-state index is -0.181. The highest BCUT2D eigenvalue weighted by Crippen LogP contribution is 2.15. The largest absolute Gasteiger partial charge is 0.491 e. The summed E-state index contributed by atoms with van der Waals surface area (Å²) < 4.78 is 5.62. The third-order valence-electron chi connectivity index (χ3n) is 3.41. The van der Waals surface area contributed by atoms with E-state index in [4.69, 9.17) is 4.74 Å². The number of carbonyl (C=O) groups excluding carboxylic acids is 2. The van der Waals surface area contributed by atoms with Crippen LogP contribution in [0.4, 0.5) is 5.69 Å². The fraction of sp³-hybridized carbons (Fsp3) is 0.200. The van der Waals surface area contributed by atoms with Gasteiger partial charge in [0.05, 0.1) is 6.54 Å². The second-order valence-electron chi connectivity index (χ2n) is 5.54. The fourth-order valence-corrected chi connectivity index (χ4v) is 2.17. The molecule has 2 amide bonds. The Balaban J connectivity index is 1.73. The number of aryl methyl sites for hydroxylation is 1. The number of hydrogen-bond acceptors (Lipinski definition) is 3. The predicted octanol–water partition coefficient (Wildman–Crippen LogP) is 3.16. The van der Waals surface area contributed by atoms with Crippen LogP contribution in [0.3, 0.4) is 0 Å². The quantitative estimate of drug-likeness (QED) is 0.602. The smallest absolute Gasteiger partial charge is 0.244 e. The zero-order valence-electron chi connectivity index (χ0n) is 14.4. The molecule has 0 aliphatic rings. The molecule has 0 aromatic heterocycles. The van der Waals surface area contributed by atoms with Crippen LogP contribution in [0.1, 0.15) is 18.1 Å². The van der Waals surface area contributed by atoms with Crippen molar-refractivity contribution in [3.8, 4) is 5.75 Å². The molecule has 0 atom stereocenters. The third kappa shape index (κ3) is 6.51. The summed E-state index contributed by atoms with van der Waals surface area (Å²) in [5.74, 6) is 0.529. The zero-order valence-corrected chi connectivity index (χ0v) is 14.4. The monoisotopic (exact) mass is 338 g/mol. The molecular weight excluding hydrogens is 316 g/mol. The summed E-state index contributed by atoms with van der Waals surface area (Å²) in [5, 5.41) is 5.46. The zero-order chi connectivity index (χ0) is 18.1. The molecule has 2 rings (SSSR count). The average Bonchev–Trinajstić information content (AvgIpc) is 2.59. The van der Waals surface area contributed by atoms with Crippen molar-refractivity contribution in [2.45, 2.75) is 13.8 Å². The van der Waals surface area contributed by atoms with Gasteiger partial charge in [0.2, 0.25) is 11.8 Å². The van der Waals surface area contributed by atoms with Gasteiger partial charge in [-0.25, -0.2) is 0 Å². The Morgan fingerprint density at radius 1 is 1.08 bits per heavy atom. The molecule has 0 radical (unpaired) electrons. The number of carbonyl (C=O) groups is 2. The molecule has 0 aliphatic carbocycles. The molecule has 0 heterocycles. The molecule has 2 aromatic rings. The van der Waals surface area contributed by atoms with Gasteiger partial charge in [-0.15, -0.1) is 0 Å². The minimum absolute atomic E-state index is 0.115. The Labute approximate surface area is 147 Å². The first-order valence-corrected chi connectivity index (χ1v) is 8.06. The van der Waals surface area contributed by atoms with Gasteiger partial charge in [-0.3, -0.25) is 9.59 Å². The van der Waals surface area contributed by atoms with Gasteiger partial charge in [0.25, 0.3) is 0 Å². The maximum Gasteiger partial charge on any atom is 0.244 e. The minimum Gasteiger partial charge on any atom is -0.491 e. The highest BCUT2D eigenvalue weighted by atomic mass is 16.5. The van der Waals surface area contributed by atoms with Gasteiger partial charge in [-0.1, -0.05) is 30.3 Å². The van der Waals surface area contributed by atoms with Crippen molar-refractivity contribution in [1.82, 2.24) is 5.32 Å². The number of benzene rings is 2. The van der Waals surface area contributed by atoms with E-state index in [1.807, 2.05) is 43.3 Å². The van der Waals surface area contributed by atoms with Gasteiger partial charge in [0.15, 0.2) is 0 Å². The maximum atomic E-state index is 11.8. The lowest BCUT2D eigenvalue weighted by atomic mass is 10.2. The number of hydrogen-bond donors (Lipinski definition) is 2. The third-order valence-corrected chi connectivity index (χ3v) is 3.41.